The number of nitrogen functional groups attached to an aromatic ring is 2. The second kappa shape index (κ2) is 5.60. The van der Waals surface area contributed by atoms with Crippen molar-refractivity contribution in [3.8, 4) is 0 Å². The minimum Gasteiger partial charge on any atom is -0.458 e. The molecule has 0 aliphatic carbocycles. The molecule has 0 aromatic heterocycles. The summed E-state index contributed by atoms with van der Waals surface area (Å²) in [4.78, 5) is 11.1. The molecule has 0 amide bonds. The van der Waals surface area contributed by atoms with Crippen LogP contribution in [0.4, 0.5) is 11.4 Å². The number of nitrogens with two attached hydrogens (primary N) is 2. The van der Waals surface area contributed by atoms with E-state index in [-0.39, 0.29) is 6.61 Å². The van der Waals surface area contributed by atoms with Gasteiger partial charge in [-0.05, 0) is 29.8 Å². The zero-order chi connectivity index (χ0) is 12.0. The molecule has 16 heavy (non-hydrogen) atoms. The van der Waals surface area contributed by atoms with Crippen molar-refractivity contribution in [1.29, 1.82) is 0 Å². The van der Waals surface area contributed by atoms with Crippen molar-refractivity contribution in [2.24, 2.45) is 0 Å². The molecular weight excluding hydrogens is 204 g/mol. The molecule has 0 spiro atoms. The maximum atomic E-state index is 11.1. The average molecular weight is 218 g/mol. The van der Waals surface area contributed by atoms with Crippen molar-refractivity contribution in [2.45, 2.75) is 0 Å². The Balaban J connectivity index is 2.68. The van der Waals surface area contributed by atoms with Crippen LogP contribution in [0.5, 0.6) is 0 Å². The molecule has 4 nitrogen and oxygen atoms in total. The summed E-state index contributed by atoms with van der Waals surface area (Å²) in [5.41, 5.74) is 13.1. The number of carbonyl (C=O) groups excluding carboxylic acids is 1. The first kappa shape index (κ1) is 11.8. The third-order valence-corrected chi connectivity index (χ3v) is 1.76. The van der Waals surface area contributed by atoms with E-state index >= 15 is 0 Å². The van der Waals surface area contributed by atoms with E-state index in [1.807, 2.05) is 0 Å². The Morgan fingerprint density at radius 2 is 1.94 bits per heavy atom. The number of carbonyl (C=O) groups is 1. The molecule has 0 saturated carbocycles. The van der Waals surface area contributed by atoms with E-state index in [9.17, 15) is 4.79 Å². The molecule has 0 aliphatic rings. The van der Waals surface area contributed by atoms with Gasteiger partial charge < -0.3 is 16.2 Å². The van der Waals surface area contributed by atoms with Crippen molar-refractivity contribution in [3.63, 3.8) is 0 Å². The number of ether oxygens (including phenoxy) is 1. The molecule has 0 heterocycles. The van der Waals surface area contributed by atoms with Gasteiger partial charge in [0.15, 0.2) is 0 Å². The van der Waals surface area contributed by atoms with Gasteiger partial charge in [-0.1, -0.05) is 12.7 Å². The first-order valence-corrected chi connectivity index (χ1v) is 4.73. The largest absolute Gasteiger partial charge is 0.458 e. The first-order valence-electron chi connectivity index (χ1n) is 4.73. The van der Waals surface area contributed by atoms with Crippen LogP contribution in [0, 0.1) is 0 Å². The normalized spacial score (nSPS) is 10.2. The molecule has 0 aliphatic heterocycles. The summed E-state index contributed by atoms with van der Waals surface area (Å²) in [6.07, 6.45) is 4.42. The standard InChI is InChI=1S/C12H14N2O2/c1-2-5-16-12(15)4-3-9-6-10(13)8-11(14)7-9/h2-4,6-8H,1,5,13-14H2/b4-3+. The number of hydrogen-bond acceptors (Lipinski definition) is 4. The Labute approximate surface area is 94.2 Å². The lowest BCUT2D eigenvalue weighted by Gasteiger charge is -2.00. The maximum absolute atomic E-state index is 11.1. The van der Waals surface area contributed by atoms with E-state index in [4.69, 9.17) is 16.2 Å². The van der Waals surface area contributed by atoms with Crippen LogP contribution in [-0.4, -0.2) is 12.6 Å². The summed E-state index contributed by atoms with van der Waals surface area (Å²) in [5, 5.41) is 0. The molecule has 0 radical (unpaired) electrons. The van der Waals surface area contributed by atoms with Crippen molar-refractivity contribution >= 4 is 23.4 Å². The van der Waals surface area contributed by atoms with Gasteiger partial charge in [-0.15, -0.1) is 0 Å². The minimum absolute atomic E-state index is 0.197. The van der Waals surface area contributed by atoms with Crippen molar-refractivity contribution < 1.29 is 9.53 Å². The Morgan fingerprint density at radius 3 is 2.50 bits per heavy atom. The van der Waals surface area contributed by atoms with Crippen LogP contribution in [0.2, 0.25) is 0 Å². The zero-order valence-electron chi connectivity index (χ0n) is 8.85. The molecule has 0 unspecified atom stereocenters. The second-order valence-electron chi connectivity index (χ2n) is 3.19. The number of anilines is 2. The van der Waals surface area contributed by atoms with Crippen LogP contribution < -0.4 is 11.5 Å². The molecule has 1 rings (SSSR count). The lowest BCUT2D eigenvalue weighted by molar-refractivity contribution is -0.136. The van der Waals surface area contributed by atoms with Crippen molar-refractivity contribution in [2.75, 3.05) is 18.1 Å². The highest BCUT2D eigenvalue weighted by molar-refractivity contribution is 5.87. The predicted octanol–water partition coefficient (Wildman–Crippen LogP) is 1.59. The van der Waals surface area contributed by atoms with E-state index in [0.717, 1.165) is 5.56 Å². The minimum atomic E-state index is -0.430. The molecule has 1 aromatic rings. The van der Waals surface area contributed by atoms with Crippen LogP contribution in [0.25, 0.3) is 6.08 Å². The molecule has 0 atom stereocenters. The van der Waals surface area contributed by atoms with Gasteiger partial charge in [-0.2, -0.15) is 0 Å². The average Bonchev–Trinajstić information content (AvgIpc) is 2.22. The summed E-state index contributed by atoms with van der Waals surface area (Å²) in [7, 11) is 0. The summed E-state index contributed by atoms with van der Waals surface area (Å²) in [6.45, 7) is 3.64. The zero-order valence-corrected chi connectivity index (χ0v) is 8.85. The predicted molar refractivity (Wildman–Crippen MR) is 65.5 cm³/mol. The van der Waals surface area contributed by atoms with Gasteiger partial charge in [0.2, 0.25) is 0 Å². The van der Waals surface area contributed by atoms with Crippen LogP contribution in [-0.2, 0) is 9.53 Å². The quantitative estimate of drug-likeness (QED) is 0.348. The Morgan fingerprint density at radius 1 is 1.31 bits per heavy atom. The molecule has 4 heteroatoms. The Kier molecular flexibility index (Phi) is 4.15. The van der Waals surface area contributed by atoms with Gasteiger partial charge in [0.25, 0.3) is 0 Å². The molecule has 1 aromatic carbocycles. The van der Waals surface area contributed by atoms with E-state index in [2.05, 4.69) is 6.58 Å². The third kappa shape index (κ3) is 3.88. The maximum Gasteiger partial charge on any atom is 0.331 e. The lowest BCUT2D eigenvalue weighted by atomic mass is 10.1. The van der Waals surface area contributed by atoms with Crippen LogP contribution in [0.15, 0.2) is 36.9 Å². The molecule has 0 saturated heterocycles. The molecule has 84 valence electrons. The fraction of sp³-hybridized carbons (Fsp3) is 0.0833. The smallest absolute Gasteiger partial charge is 0.331 e. The van der Waals surface area contributed by atoms with Crippen LogP contribution >= 0.6 is 0 Å². The van der Waals surface area contributed by atoms with Gasteiger partial charge >= 0.3 is 5.97 Å². The van der Waals surface area contributed by atoms with Gasteiger partial charge in [0.1, 0.15) is 6.61 Å². The third-order valence-electron chi connectivity index (χ3n) is 1.76. The van der Waals surface area contributed by atoms with Crippen LogP contribution in [0.1, 0.15) is 5.56 Å². The Bertz CT molecular complexity index is 405. The SMILES string of the molecule is C=CCOC(=O)/C=C/c1cc(N)cc(N)c1. The molecule has 4 N–H and O–H groups in total. The van der Waals surface area contributed by atoms with Gasteiger partial charge in [-0.3, -0.25) is 0 Å². The van der Waals surface area contributed by atoms with Crippen molar-refractivity contribution in [3.05, 3.63) is 42.5 Å². The monoisotopic (exact) mass is 218 g/mol. The van der Waals surface area contributed by atoms with E-state index < -0.39 is 5.97 Å². The highest BCUT2D eigenvalue weighted by Gasteiger charge is 1.96. The van der Waals surface area contributed by atoms with Gasteiger partial charge in [-0.25, -0.2) is 4.79 Å². The highest BCUT2D eigenvalue weighted by Crippen LogP contribution is 2.14. The van der Waals surface area contributed by atoms with E-state index in [1.54, 1.807) is 24.3 Å². The topological polar surface area (TPSA) is 78.3 Å². The lowest BCUT2D eigenvalue weighted by Crippen LogP contribution is -1.99. The number of hydrogen-bond donors (Lipinski definition) is 2. The van der Waals surface area contributed by atoms with E-state index in [0.29, 0.717) is 11.4 Å². The molecule has 0 bridgehead atoms. The summed E-state index contributed by atoms with van der Waals surface area (Å²) in [5.74, 6) is -0.430. The highest BCUT2D eigenvalue weighted by atomic mass is 16.5. The van der Waals surface area contributed by atoms with Gasteiger partial charge in [0.05, 0.1) is 0 Å². The molecular formula is C12H14N2O2. The summed E-state index contributed by atoms with van der Waals surface area (Å²) < 4.78 is 4.77. The first-order chi connectivity index (χ1) is 7.61. The number of rotatable bonds is 4. The van der Waals surface area contributed by atoms with Crippen LogP contribution in [0.3, 0.4) is 0 Å². The van der Waals surface area contributed by atoms with E-state index in [1.165, 1.54) is 12.2 Å². The fourth-order valence-corrected chi connectivity index (χ4v) is 1.15. The Hall–Kier alpha value is -2.23. The molecule has 0 fully saturated rings. The van der Waals surface area contributed by atoms with Crippen molar-refractivity contribution in [1.82, 2.24) is 0 Å². The number of benzene rings is 1. The fourth-order valence-electron chi connectivity index (χ4n) is 1.15. The number of esters is 1. The second-order valence-corrected chi connectivity index (χ2v) is 3.19. The van der Waals surface area contributed by atoms with Gasteiger partial charge in [0, 0.05) is 17.5 Å². The summed E-state index contributed by atoms with van der Waals surface area (Å²) >= 11 is 0. The summed E-state index contributed by atoms with van der Waals surface area (Å²) in [6, 6.07) is 5.08.